The molecule has 0 heterocycles. The summed E-state index contributed by atoms with van der Waals surface area (Å²) in [5.74, 6) is 0. The number of rotatable bonds is 2. The van der Waals surface area contributed by atoms with E-state index in [0.717, 1.165) is 16.5 Å². The molecule has 0 atom stereocenters. The van der Waals surface area contributed by atoms with Crippen LogP contribution in [0.3, 0.4) is 0 Å². The summed E-state index contributed by atoms with van der Waals surface area (Å²) >= 11 is 1.34. The van der Waals surface area contributed by atoms with Crippen LogP contribution in [0.5, 0.6) is 0 Å². The van der Waals surface area contributed by atoms with Gasteiger partial charge in [0, 0.05) is 9.79 Å². The van der Waals surface area contributed by atoms with Crippen LogP contribution in [0.1, 0.15) is 11.1 Å². The molecule has 2 aromatic rings. The van der Waals surface area contributed by atoms with Crippen LogP contribution in [0.4, 0.5) is 13.2 Å². The molecule has 2 rings (SSSR count). The highest BCUT2D eigenvalue weighted by atomic mass is 32.2. The van der Waals surface area contributed by atoms with Gasteiger partial charge in [-0.1, -0.05) is 36.0 Å². The van der Waals surface area contributed by atoms with E-state index in [1.165, 1.54) is 23.9 Å². The molecule has 0 saturated heterocycles. The fraction of sp³-hybridized carbons (Fsp3) is 0.143. The minimum atomic E-state index is -4.29. The van der Waals surface area contributed by atoms with Gasteiger partial charge in [0.2, 0.25) is 0 Å². The average molecular weight is 268 g/mol. The topological polar surface area (TPSA) is 0 Å². The lowest BCUT2D eigenvalue weighted by Crippen LogP contribution is -2.04. The molecular formula is C14H11F3S. The van der Waals surface area contributed by atoms with Crippen molar-refractivity contribution in [3.63, 3.8) is 0 Å². The Labute approximate surface area is 108 Å². The van der Waals surface area contributed by atoms with Gasteiger partial charge >= 0.3 is 6.18 Å². The highest BCUT2D eigenvalue weighted by Crippen LogP contribution is 2.36. The van der Waals surface area contributed by atoms with Crippen LogP contribution in [0.15, 0.2) is 58.3 Å². The van der Waals surface area contributed by atoms with Crippen LogP contribution in [-0.2, 0) is 6.18 Å². The molecule has 0 fully saturated rings. The summed E-state index contributed by atoms with van der Waals surface area (Å²) in [6.07, 6.45) is -4.29. The fourth-order valence-corrected chi connectivity index (χ4v) is 2.46. The summed E-state index contributed by atoms with van der Waals surface area (Å²) in [6, 6.07) is 13.2. The highest BCUT2D eigenvalue weighted by Gasteiger charge is 2.30. The van der Waals surface area contributed by atoms with E-state index in [4.69, 9.17) is 0 Å². The van der Waals surface area contributed by atoms with Gasteiger partial charge in [-0.25, -0.2) is 0 Å². The maximum atomic E-state index is 12.6. The molecule has 0 saturated carbocycles. The lowest BCUT2D eigenvalue weighted by Gasteiger charge is -2.11. The molecule has 0 aliphatic heterocycles. The Hall–Kier alpha value is -1.42. The van der Waals surface area contributed by atoms with Crippen molar-refractivity contribution >= 4 is 11.8 Å². The van der Waals surface area contributed by atoms with E-state index in [0.29, 0.717) is 4.90 Å². The predicted molar refractivity (Wildman–Crippen MR) is 66.7 cm³/mol. The molecule has 0 nitrogen and oxygen atoms in total. The van der Waals surface area contributed by atoms with Crippen LogP contribution in [-0.4, -0.2) is 0 Å². The van der Waals surface area contributed by atoms with E-state index in [2.05, 4.69) is 0 Å². The van der Waals surface area contributed by atoms with Crippen molar-refractivity contribution in [3.05, 3.63) is 59.7 Å². The second-order valence-corrected chi connectivity index (χ2v) is 5.01. The molecule has 0 aliphatic rings. The zero-order valence-electron chi connectivity index (χ0n) is 9.66. The first kappa shape index (κ1) is 13.0. The van der Waals surface area contributed by atoms with Crippen molar-refractivity contribution < 1.29 is 13.2 Å². The SMILES string of the molecule is Cc1ccc(C(F)(F)F)cc1Sc1ccccc1. The zero-order chi connectivity index (χ0) is 13.2. The van der Waals surface area contributed by atoms with Crippen molar-refractivity contribution in [2.75, 3.05) is 0 Å². The summed E-state index contributed by atoms with van der Waals surface area (Å²) < 4.78 is 37.9. The molecular weight excluding hydrogens is 257 g/mol. The molecule has 0 spiro atoms. The predicted octanol–water partition coefficient (Wildman–Crippen LogP) is 5.17. The first-order valence-electron chi connectivity index (χ1n) is 5.37. The maximum Gasteiger partial charge on any atom is 0.416 e. The van der Waals surface area contributed by atoms with Crippen LogP contribution in [0, 0.1) is 6.92 Å². The molecule has 0 bridgehead atoms. The minimum Gasteiger partial charge on any atom is -0.166 e. The average Bonchev–Trinajstić information content (AvgIpc) is 2.32. The molecule has 0 unspecified atom stereocenters. The van der Waals surface area contributed by atoms with E-state index >= 15 is 0 Å². The monoisotopic (exact) mass is 268 g/mol. The number of hydrogen-bond donors (Lipinski definition) is 0. The summed E-state index contributed by atoms with van der Waals surface area (Å²) in [7, 11) is 0. The Morgan fingerprint density at radius 3 is 2.22 bits per heavy atom. The van der Waals surface area contributed by atoms with Crippen molar-refractivity contribution in [2.24, 2.45) is 0 Å². The molecule has 0 aromatic heterocycles. The number of benzene rings is 2. The van der Waals surface area contributed by atoms with Gasteiger partial charge in [0.15, 0.2) is 0 Å². The molecule has 0 aliphatic carbocycles. The molecule has 0 radical (unpaired) electrons. The fourth-order valence-electron chi connectivity index (χ4n) is 1.50. The second kappa shape index (κ2) is 5.06. The lowest BCUT2D eigenvalue weighted by molar-refractivity contribution is -0.137. The third-order valence-corrected chi connectivity index (χ3v) is 3.65. The summed E-state index contributed by atoms with van der Waals surface area (Å²) in [4.78, 5) is 1.57. The Balaban J connectivity index is 2.33. The standard InChI is InChI=1S/C14H11F3S/c1-10-7-8-11(14(15,16)17)9-13(10)18-12-5-3-2-4-6-12/h2-9H,1H3. The van der Waals surface area contributed by atoms with Gasteiger partial charge in [-0.05, 0) is 36.8 Å². The normalized spacial score (nSPS) is 11.6. The minimum absolute atomic E-state index is 0.605. The number of aryl methyl sites for hydroxylation is 1. The summed E-state index contributed by atoms with van der Waals surface area (Å²) in [5.41, 5.74) is 0.239. The van der Waals surface area contributed by atoms with Gasteiger partial charge in [0.25, 0.3) is 0 Å². The Morgan fingerprint density at radius 1 is 0.944 bits per heavy atom. The van der Waals surface area contributed by atoms with E-state index in [-0.39, 0.29) is 0 Å². The zero-order valence-corrected chi connectivity index (χ0v) is 10.5. The number of alkyl halides is 3. The summed E-state index contributed by atoms with van der Waals surface area (Å²) in [5, 5.41) is 0. The second-order valence-electron chi connectivity index (χ2n) is 3.89. The first-order chi connectivity index (χ1) is 8.47. The molecule has 18 heavy (non-hydrogen) atoms. The van der Waals surface area contributed by atoms with Crippen LogP contribution >= 0.6 is 11.8 Å². The van der Waals surface area contributed by atoms with Crippen molar-refractivity contribution in [1.82, 2.24) is 0 Å². The van der Waals surface area contributed by atoms with Gasteiger partial charge < -0.3 is 0 Å². The van der Waals surface area contributed by atoms with Gasteiger partial charge in [0.05, 0.1) is 5.56 Å². The van der Waals surface area contributed by atoms with Crippen molar-refractivity contribution in [3.8, 4) is 0 Å². The van der Waals surface area contributed by atoms with Crippen LogP contribution < -0.4 is 0 Å². The number of hydrogen-bond acceptors (Lipinski definition) is 1. The third kappa shape index (κ3) is 3.07. The largest absolute Gasteiger partial charge is 0.416 e. The van der Waals surface area contributed by atoms with Crippen molar-refractivity contribution in [2.45, 2.75) is 22.9 Å². The Kier molecular flexibility index (Phi) is 3.66. The quantitative estimate of drug-likeness (QED) is 0.724. The number of halogens is 3. The molecule has 94 valence electrons. The molecule has 4 heteroatoms. The van der Waals surface area contributed by atoms with E-state index in [9.17, 15) is 13.2 Å². The van der Waals surface area contributed by atoms with E-state index < -0.39 is 11.7 Å². The van der Waals surface area contributed by atoms with Crippen LogP contribution in [0.25, 0.3) is 0 Å². The van der Waals surface area contributed by atoms with Crippen molar-refractivity contribution in [1.29, 1.82) is 0 Å². The smallest absolute Gasteiger partial charge is 0.166 e. The van der Waals surface area contributed by atoms with Gasteiger partial charge in [-0.15, -0.1) is 0 Å². The maximum absolute atomic E-state index is 12.6. The summed E-state index contributed by atoms with van der Waals surface area (Å²) in [6.45, 7) is 1.81. The van der Waals surface area contributed by atoms with Gasteiger partial charge in [0.1, 0.15) is 0 Å². The van der Waals surface area contributed by atoms with Crippen LogP contribution in [0.2, 0.25) is 0 Å². The molecule has 0 N–H and O–H groups in total. The first-order valence-corrected chi connectivity index (χ1v) is 6.19. The highest BCUT2D eigenvalue weighted by molar-refractivity contribution is 7.99. The van der Waals surface area contributed by atoms with Gasteiger partial charge in [-0.3, -0.25) is 0 Å². The Morgan fingerprint density at radius 2 is 1.61 bits per heavy atom. The Bertz CT molecular complexity index is 532. The molecule has 0 amide bonds. The van der Waals surface area contributed by atoms with Gasteiger partial charge in [-0.2, -0.15) is 13.2 Å². The van der Waals surface area contributed by atoms with E-state index in [1.54, 1.807) is 0 Å². The van der Waals surface area contributed by atoms with E-state index in [1.807, 2.05) is 37.3 Å². The molecule has 2 aromatic carbocycles. The lowest BCUT2D eigenvalue weighted by atomic mass is 10.1. The third-order valence-electron chi connectivity index (χ3n) is 2.49.